The lowest BCUT2D eigenvalue weighted by Crippen LogP contribution is -2.38. The molecular weight excluding hydrogens is 238 g/mol. The van der Waals surface area contributed by atoms with E-state index in [-0.39, 0.29) is 12.6 Å². The van der Waals surface area contributed by atoms with Crippen LogP contribution >= 0.6 is 0 Å². The Kier molecular flexibility index (Phi) is 7.53. The average molecular weight is 265 g/mol. The molecule has 1 unspecified atom stereocenters. The van der Waals surface area contributed by atoms with Crippen LogP contribution in [0.4, 0.5) is 0 Å². The Morgan fingerprint density at radius 1 is 1.21 bits per heavy atom. The summed E-state index contributed by atoms with van der Waals surface area (Å²) in [6, 6.07) is 8.78. The standard InChI is InChI=1S/C16H27NO2/c1-4-5-14-6-8-16(9-7-14)19-11-10-15(12-18)17-13(2)3/h6-9,13,15,17-18H,4-5,10-12H2,1-3H3. The van der Waals surface area contributed by atoms with E-state index in [0.29, 0.717) is 12.6 Å². The number of hydrogen-bond acceptors (Lipinski definition) is 3. The van der Waals surface area contributed by atoms with Crippen LogP contribution in [0.15, 0.2) is 24.3 Å². The molecule has 0 bridgehead atoms. The fraction of sp³-hybridized carbons (Fsp3) is 0.625. The van der Waals surface area contributed by atoms with Crippen LogP contribution in [0.1, 0.15) is 39.2 Å². The van der Waals surface area contributed by atoms with E-state index < -0.39 is 0 Å². The van der Waals surface area contributed by atoms with E-state index in [9.17, 15) is 5.11 Å². The van der Waals surface area contributed by atoms with E-state index in [2.05, 4.69) is 38.2 Å². The van der Waals surface area contributed by atoms with E-state index in [4.69, 9.17) is 4.74 Å². The van der Waals surface area contributed by atoms with Crippen molar-refractivity contribution in [3.63, 3.8) is 0 Å². The largest absolute Gasteiger partial charge is 0.494 e. The molecule has 0 fully saturated rings. The number of aryl methyl sites for hydroxylation is 1. The van der Waals surface area contributed by atoms with Crippen LogP contribution in [0.2, 0.25) is 0 Å². The summed E-state index contributed by atoms with van der Waals surface area (Å²) >= 11 is 0. The normalized spacial score (nSPS) is 12.7. The third-order valence-electron chi connectivity index (χ3n) is 2.99. The SMILES string of the molecule is CCCc1ccc(OCCC(CO)NC(C)C)cc1. The molecular formula is C16H27NO2. The lowest BCUT2D eigenvalue weighted by atomic mass is 10.1. The highest BCUT2D eigenvalue weighted by atomic mass is 16.5. The van der Waals surface area contributed by atoms with Gasteiger partial charge in [-0.25, -0.2) is 0 Å². The third kappa shape index (κ3) is 6.60. The molecule has 3 nitrogen and oxygen atoms in total. The number of rotatable bonds is 9. The van der Waals surface area contributed by atoms with Crippen molar-refractivity contribution in [3.05, 3.63) is 29.8 Å². The van der Waals surface area contributed by atoms with Gasteiger partial charge in [-0.3, -0.25) is 0 Å². The van der Waals surface area contributed by atoms with Gasteiger partial charge in [0, 0.05) is 12.1 Å². The number of aliphatic hydroxyl groups excluding tert-OH is 1. The third-order valence-corrected chi connectivity index (χ3v) is 2.99. The molecule has 0 heterocycles. The van der Waals surface area contributed by atoms with Gasteiger partial charge in [-0.1, -0.05) is 39.3 Å². The van der Waals surface area contributed by atoms with E-state index in [1.165, 1.54) is 12.0 Å². The van der Waals surface area contributed by atoms with Gasteiger partial charge in [0.25, 0.3) is 0 Å². The van der Waals surface area contributed by atoms with Crippen molar-refractivity contribution in [1.29, 1.82) is 0 Å². The van der Waals surface area contributed by atoms with Gasteiger partial charge in [-0.15, -0.1) is 0 Å². The average Bonchev–Trinajstić information content (AvgIpc) is 2.39. The van der Waals surface area contributed by atoms with Crippen LogP contribution in [-0.2, 0) is 6.42 Å². The second-order valence-corrected chi connectivity index (χ2v) is 5.23. The number of ether oxygens (including phenoxy) is 1. The first-order valence-electron chi connectivity index (χ1n) is 7.24. The van der Waals surface area contributed by atoms with Crippen molar-refractivity contribution in [2.75, 3.05) is 13.2 Å². The van der Waals surface area contributed by atoms with E-state index in [1.807, 2.05) is 12.1 Å². The Bertz CT molecular complexity index is 335. The van der Waals surface area contributed by atoms with Crippen LogP contribution in [0.3, 0.4) is 0 Å². The zero-order chi connectivity index (χ0) is 14.1. The molecule has 3 heteroatoms. The molecule has 0 spiro atoms. The Labute approximate surface area is 117 Å². The summed E-state index contributed by atoms with van der Waals surface area (Å²) in [5, 5.41) is 12.6. The summed E-state index contributed by atoms with van der Waals surface area (Å²) in [6.45, 7) is 7.11. The second-order valence-electron chi connectivity index (χ2n) is 5.23. The Morgan fingerprint density at radius 3 is 2.42 bits per heavy atom. The molecule has 0 saturated carbocycles. The van der Waals surface area contributed by atoms with E-state index in [1.54, 1.807) is 0 Å². The quantitative estimate of drug-likeness (QED) is 0.721. The molecule has 0 amide bonds. The maximum Gasteiger partial charge on any atom is 0.119 e. The van der Waals surface area contributed by atoms with Gasteiger partial charge < -0.3 is 15.2 Å². The molecule has 0 aromatic heterocycles. The summed E-state index contributed by atoms with van der Waals surface area (Å²) in [6.07, 6.45) is 3.09. The molecule has 0 aliphatic carbocycles. The smallest absolute Gasteiger partial charge is 0.119 e. The van der Waals surface area contributed by atoms with E-state index in [0.717, 1.165) is 18.6 Å². The van der Waals surface area contributed by atoms with Gasteiger partial charge in [0.05, 0.1) is 13.2 Å². The Hall–Kier alpha value is -1.06. The first-order chi connectivity index (χ1) is 9.15. The molecule has 2 N–H and O–H groups in total. The number of nitrogens with one attached hydrogen (secondary N) is 1. The predicted octanol–water partition coefficient (Wildman–Crippen LogP) is 2.77. The highest BCUT2D eigenvalue weighted by Crippen LogP contribution is 2.13. The highest BCUT2D eigenvalue weighted by Gasteiger charge is 2.08. The van der Waals surface area contributed by atoms with Crippen LogP contribution in [-0.4, -0.2) is 30.4 Å². The zero-order valence-electron chi connectivity index (χ0n) is 12.4. The van der Waals surface area contributed by atoms with Gasteiger partial charge in [-0.05, 0) is 30.5 Å². The highest BCUT2D eigenvalue weighted by molar-refractivity contribution is 5.27. The lowest BCUT2D eigenvalue weighted by Gasteiger charge is -2.19. The van der Waals surface area contributed by atoms with Crippen molar-refractivity contribution >= 4 is 0 Å². The molecule has 1 aromatic rings. The van der Waals surface area contributed by atoms with Crippen LogP contribution in [0, 0.1) is 0 Å². The van der Waals surface area contributed by atoms with Gasteiger partial charge >= 0.3 is 0 Å². The van der Waals surface area contributed by atoms with Gasteiger partial charge in [-0.2, -0.15) is 0 Å². The lowest BCUT2D eigenvalue weighted by molar-refractivity contribution is 0.202. The Balaban J connectivity index is 2.31. The molecule has 0 radical (unpaired) electrons. The minimum atomic E-state index is 0.111. The molecule has 1 atom stereocenters. The van der Waals surface area contributed by atoms with E-state index >= 15 is 0 Å². The topological polar surface area (TPSA) is 41.5 Å². The van der Waals surface area contributed by atoms with Crippen molar-refractivity contribution in [2.24, 2.45) is 0 Å². The summed E-state index contributed by atoms with van der Waals surface area (Å²) in [7, 11) is 0. The minimum absolute atomic E-state index is 0.111. The summed E-state index contributed by atoms with van der Waals surface area (Å²) in [5.74, 6) is 0.904. The minimum Gasteiger partial charge on any atom is -0.494 e. The molecule has 0 aliphatic rings. The number of benzene rings is 1. The molecule has 0 saturated heterocycles. The van der Waals surface area contributed by atoms with Crippen molar-refractivity contribution < 1.29 is 9.84 Å². The fourth-order valence-electron chi connectivity index (χ4n) is 2.06. The first kappa shape index (κ1) is 16.0. The molecule has 1 rings (SSSR count). The predicted molar refractivity (Wildman–Crippen MR) is 79.7 cm³/mol. The maximum absolute atomic E-state index is 9.25. The first-order valence-corrected chi connectivity index (χ1v) is 7.24. The molecule has 0 aliphatic heterocycles. The maximum atomic E-state index is 9.25. The molecule has 108 valence electrons. The van der Waals surface area contributed by atoms with Crippen LogP contribution in [0.5, 0.6) is 5.75 Å². The van der Waals surface area contributed by atoms with Crippen molar-refractivity contribution in [1.82, 2.24) is 5.32 Å². The van der Waals surface area contributed by atoms with Crippen molar-refractivity contribution in [2.45, 2.75) is 52.1 Å². The van der Waals surface area contributed by atoms with Gasteiger partial charge in [0.2, 0.25) is 0 Å². The molecule has 1 aromatic carbocycles. The van der Waals surface area contributed by atoms with Crippen LogP contribution < -0.4 is 10.1 Å². The summed E-state index contributed by atoms with van der Waals surface area (Å²) < 4.78 is 5.70. The van der Waals surface area contributed by atoms with Gasteiger partial charge in [0.1, 0.15) is 5.75 Å². The van der Waals surface area contributed by atoms with Crippen molar-refractivity contribution in [3.8, 4) is 5.75 Å². The monoisotopic (exact) mass is 265 g/mol. The zero-order valence-corrected chi connectivity index (χ0v) is 12.4. The number of hydrogen-bond donors (Lipinski definition) is 2. The summed E-state index contributed by atoms with van der Waals surface area (Å²) in [4.78, 5) is 0. The molecule has 19 heavy (non-hydrogen) atoms. The Morgan fingerprint density at radius 2 is 1.89 bits per heavy atom. The summed E-state index contributed by atoms with van der Waals surface area (Å²) in [5.41, 5.74) is 1.35. The number of aliphatic hydroxyl groups is 1. The van der Waals surface area contributed by atoms with Gasteiger partial charge in [0.15, 0.2) is 0 Å². The second kappa shape index (κ2) is 8.94. The fourth-order valence-corrected chi connectivity index (χ4v) is 2.06. The van der Waals surface area contributed by atoms with Crippen LogP contribution in [0.25, 0.3) is 0 Å².